The minimum Gasteiger partial charge on any atom is -0.298 e. The second-order valence-corrected chi connectivity index (χ2v) is 4.74. The Morgan fingerprint density at radius 2 is 1.75 bits per heavy atom. The Labute approximate surface area is 74.6 Å². The molecule has 0 rings (SSSR count). The van der Waals surface area contributed by atoms with Gasteiger partial charge in [0.05, 0.1) is 6.07 Å². The van der Waals surface area contributed by atoms with Gasteiger partial charge >= 0.3 is 0 Å². The third kappa shape index (κ3) is 3.04. The van der Waals surface area contributed by atoms with Crippen LogP contribution in [0.1, 0.15) is 41.0 Å². The summed E-state index contributed by atoms with van der Waals surface area (Å²) >= 11 is 0. The number of hydrogen-bond donors (Lipinski definition) is 0. The second kappa shape index (κ2) is 3.26. The molecule has 2 heteroatoms. The zero-order valence-electron chi connectivity index (χ0n) is 8.56. The summed E-state index contributed by atoms with van der Waals surface area (Å²) in [6.45, 7) is 9.29. The molecular weight excluding hydrogens is 150 g/mol. The van der Waals surface area contributed by atoms with Crippen molar-refractivity contribution in [3.63, 3.8) is 0 Å². The van der Waals surface area contributed by atoms with Crippen molar-refractivity contribution in [1.29, 1.82) is 5.26 Å². The molecule has 0 spiro atoms. The molecule has 0 aliphatic carbocycles. The van der Waals surface area contributed by atoms with Crippen LogP contribution in [-0.4, -0.2) is 5.78 Å². The average Bonchev–Trinajstić information content (AvgIpc) is 1.83. The van der Waals surface area contributed by atoms with Gasteiger partial charge in [-0.3, -0.25) is 4.79 Å². The van der Waals surface area contributed by atoms with E-state index in [4.69, 9.17) is 5.26 Å². The topological polar surface area (TPSA) is 40.9 Å². The number of Topliss-reactive ketones (excluding diaryl/α,β-unsaturated/α-hetero) is 1. The summed E-state index contributed by atoms with van der Waals surface area (Å²) in [5.74, 6) is -0.0417. The Bertz CT molecular complexity index is 219. The highest BCUT2D eigenvalue weighted by Gasteiger charge is 2.34. The van der Waals surface area contributed by atoms with Crippen LogP contribution >= 0.6 is 0 Å². The van der Waals surface area contributed by atoms with Crippen LogP contribution in [0.5, 0.6) is 0 Å². The lowest BCUT2D eigenvalue weighted by molar-refractivity contribution is -0.124. The molecule has 0 aliphatic heterocycles. The van der Waals surface area contributed by atoms with E-state index in [1.165, 1.54) is 6.92 Å². The van der Waals surface area contributed by atoms with Crippen LogP contribution in [0.15, 0.2) is 0 Å². The summed E-state index contributed by atoms with van der Waals surface area (Å²) in [7, 11) is 0. The minimum absolute atomic E-state index is 0.0240. The maximum atomic E-state index is 11.2. The van der Waals surface area contributed by atoms with E-state index < -0.39 is 5.41 Å². The molecule has 0 fully saturated rings. The van der Waals surface area contributed by atoms with E-state index in [0.717, 1.165) is 0 Å². The molecule has 0 radical (unpaired) electrons. The van der Waals surface area contributed by atoms with Gasteiger partial charge in [-0.25, -0.2) is 0 Å². The summed E-state index contributed by atoms with van der Waals surface area (Å²) in [6, 6.07) is 2.08. The fourth-order valence-electron chi connectivity index (χ4n) is 1.30. The van der Waals surface area contributed by atoms with Gasteiger partial charge in [0.1, 0.15) is 11.2 Å². The Morgan fingerprint density at radius 1 is 1.33 bits per heavy atom. The molecule has 2 nitrogen and oxygen atoms in total. The Balaban J connectivity index is 4.61. The predicted molar refractivity (Wildman–Crippen MR) is 48.5 cm³/mol. The van der Waals surface area contributed by atoms with Crippen molar-refractivity contribution in [2.75, 3.05) is 0 Å². The summed E-state index contributed by atoms with van der Waals surface area (Å²) < 4.78 is 0. The highest BCUT2D eigenvalue weighted by Crippen LogP contribution is 2.33. The first kappa shape index (κ1) is 11.2. The third-order valence-corrected chi connectivity index (χ3v) is 1.91. The van der Waals surface area contributed by atoms with E-state index in [1.54, 1.807) is 6.92 Å². The van der Waals surface area contributed by atoms with Crippen molar-refractivity contribution in [3.05, 3.63) is 0 Å². The molecule has 0 aliphatic rings. The van der Waals surface area contributed by atoms with Gasteiger partial charge in [-0.2, -0.15) is 5.26 Å². The van der Waals surface area contributed by atoms with Crippen molar-refractivity contribution in [2.45, 2.75) is 41.0 Å². The molecule has 0 saturated carbocycles. The second-order valence-electron chi connectivity index (χ2n) is 4.74. The zero-order chi connectivity index (χ0) is 9.99. The van der Waals surface area contributed by atoms with Gasteiger partial charge in [0.25, 0.3) is 0 Å². The summed E-state index contributed by atoms with van der Waals surface area (Å²) in [6.07, 6.45) is 0.617. The average molecular weight is 167 g/mol. The van der Waals surface area contributed by atoms with Crippen LogP contribution in [0, 0.1) is 22.2 Å². The van der Waals surface area contributed by atoms with Gasteiger partial charge in [-0.15, -0.1) is 0 Å². The van der Waals surface area contributed by atoms with Crippen molar-refractivity contribution in [2.24, 2.45) is 10.8 Å². The molecule has 0 saturated heterocycles. The maximum absolute atomic E-state index is 11.2. The third-order valence-electron chi connectivity index (χ3n) is 1.91. The van der Waals surface area contributed by atoms with Gasteiger partial charge in [0.2, 0.25) is 0 Å². The molecule has 0 N–H and O–H groups in total. The van der Waals surface area contributed by atoms with E-state index in [0.29, 0.717) is 6.42 Å². The van der Waals surface area contributed by atoms with Gasteiger partial charge in [0.15, 0.2) is 0 Å². The SMILES string of the molecule is CC(=O)C(C)(C#N)CC(C)(C)C. The Hall–Kier alpha value is -0.840. The predicted octanol–water partition coefficient (Wildman–Crippen LogP) is 2.54. The molecule has 0 bridgehead atoms. The van der Waals surface area contributed by atoms with E-state index >= 15 is 0 Å². The van der Waals surface area contributed by atoms with Gasteiger partial charge < -0.3 is 0 Å². The Morgan fingerprint density at radius 3 is 1.83 bits per heavy atom. The highest BCUT2D eigenvalue weighted by atomic mass is 16.1. The smallest absolute Gasteiger partial charge is 0.149 e. The summed E-state index contributed by atoms with van der Waals surface area (Å²) in [5, 5.41) is 8.85. The molecule has 1 unspecified atom stereocenters. The largest absolute Gasteiger partial charge is 0.298 e. The molecule has 68 valence electrons. The molecule has 0 heterocycles. The summed E-state index contributed by atoms with van der Waals surface area (Å²) in [5.41, 5.74) is -0.783. The van der Waals surface area contributed by atoms with Crippen molar-refractivity contribution in [3.8, 4) is 6.07 Å². The first-order valence-electron chi connectivity index (χ1n) is 4.13. The fraction of sp³-hybridized carbons (Fsp3) is 0.800. The molecule has 0 aromatic carbocycles. The van der Waals surface area contributed by atoms with Crippen molar-refractivity contribution < 1.29 is 4.79 Å². The van der Waals surface area contributed by atoms with E-state index in [1.807, 2.05) is 20.8 Å². The first-order chi connectivity index (χ1) is 5.21. The van der Waals surface area contributed by atoms with Crippen molar-refractivity contribution in [1.82, 2.24) is 0 Å². The molecular formula is C10H17NO. The normalized spacial score (nSPS) is 16.3. The number of rotatable bonds is 2. The Kier molecular flexibility index (Phi) is 3.04. The quantitative estimate of drug-likeness (QED) is 0.634. The molecule has 0 aromatic rings. The fourth-order valence-corrected chi connectivity index (χ4v) is 1.30. The number of nitriles is 1. The first-order valence-corrected chi connectivity index (χ1v) is 4.13. The van der Waals surface area contributed by atoms with Crippen LogP contribution in [0.4, 0.5) is 0 Å². The van der Waals surface area contributed by atoms with Gasteiger partial charge in [-0.05, 0) is 25.7 Å². The number of ketones is 1. The van der Waals surface area contributed by atoms with E-state index in [2.05, 4.69) is 6.07 Å². The minimum atomic E-state index is -0.807. The lowest BCUT2D eigenvalue weighted by atomic mass is 9.74. The molecule has 0 aromatic heterocycles. The zero-order valence-corrected chi connectivity index (χ0v) is 8.56. The van der Waals surface area contributed by atoms with Gasteiger partial charge in [-0.1, -0.05) is 20.8 Å². The number of carbonyl (C=O) groups excluding carboxylic acids is 1. The summed E-state index contributed by atoms with van der Waals surface area (Å²) in [4.78, 5) is 11.2. The van der Waals surface area contributed by atoms with Crippen LogP contribution < -0.4 is 0 Å². The number of nitrogens with zero attached hydrogens (tertiary/aromatic N) is 1. The number of carbonyl (C=O) groups is 1. The molecule has 1 atom stereocenters. The van der Waals surface area contributed by atoms with Gasteiger partial charge in [0, 0.05) is 0 Å². The monoisotopic (exact) mass is 167 g/mol. The standard InChI is InChI=1S/C10H17NO/c1-8(12)10(5,7-11)6-9(2,3)4/h6H2,1-5H3. The lowest BCUT2D eigenvalue weighted by Gasteiger charge is -2.27. The van der Waals surface area contributed by atoms with Crippen LogP contribution in [0.2, 0.25) is 0 Å². The van der Waals surface area contributed by atoms with E-state index in [9.17, 15) is 4.79 Å². The van der Waals surface area contributed by atoms with Crippen LogP contribution in [-0.2, 0) is 4.79 Å². The van der Waals surface area contributed by atoms with Crippen LogP contribution in [0.25, 0.3) is 0 Å². The molecule has 0 amide bonds. The van der Waals surface area contributed by atoms with E-state index in [-0.39, 0.29) is 11.2 Å². The molecule has 12 heavy (non-hydrogen) atoms. The van der Waals surface area contributed by atoms with Crippen molar-refractivity contribution >= 4 is 5.78 Å². The highest BCUT2D eigenvalue weighted by molar-refractivity contribution is 5.84. The number of hydrogen-bond acceptors (Lipinski definition) is 2. The maximum Gasteiger partial charge on any atom is 0.149 e. The van der Waals surface area contributed by atoms with Crippen LogP contribution in [0.3, 0.4) is 0 Å². The lowest BCUT2D eigenvalue weighted by Crippen LogP contribution is -2.29.